The minimum Gasteiger partial charge on any atom is -0.342 e. The van der Waals surface area contributed by atoms with Crippen molar-refractivity contribution in [3.8, 4) is 0 Å². The summed E-state index contributed by atoms with van der Waals surface area (Å²) in [6, 6.07) is 7.67. The smallest absolute Gasteiger partial charge is 0.228 e. The van der Waals surface area contributed by atoms with Gasteiger partial charge in [-0.1, -0.05) is 17.7 Å². The van der Waals surface area contributed by atoms with E-state index in [1.165, 1.54) is 10.6 Å². The lowest BCUT2D eigenvalue weighted by atomic mass is 10.0. The summed E-state index contributed by atoms with van der Waals surface area (Å²) in [7, 11) is -1.64. The molecule has 1 aromatic carbocycles. The number of hydrogen-bond donors (Lipinski definition) is 0. The molecule has 2 heterocycles. The summed E-state index contributed by atoms with van der Waals surface area (Å²) >= 11 is 0. The molecule has 1 unspecified atom stereocenters. The molecule has 8 heteroatoms. The van der Waals surface area contributed by atoms with Gasteiger partial charge >= 0.3 is 0 Å². The number of anilines is 1. The zero-order valence-electron chi connectivity index (χ0n) is 16.1. The lowest BCUT2D eigenvalue weighted by Gasteiger charge is -2.36. The maximum absolute atomic E-state index is 12.9. The summed E-state index contributed by atoms with van der Waals surface area (Å²) in [6.45, 7) is 3.45. The van der Waals surface area contributed by atoms with Crippen molar-refractivity contribution in [3.63, 3.8) is 0 Å². The van der Waals surface area contributed by atoms with E-state index in [4.69, 9.17) is 0 Å². The molecule has 2 saturated heterocycles. The van der Waals surface area contributed by atoms with Crippen molar-refractivity contribution in [3.05, 3.63) is 29.8 Å². The Hall–Kier alpha value is -1.93. The minimum atomic E-state index is -3.23. The van der Waals surface area contributed by atoms with Crippen molar-refractivity contribution < 1.29 is 18.0 Å². The standard InChI is InChI=1S/C19H27N3O4S/c1-14-4-6-17(7-5-14)22-13-15(12-18(22)23)19(24)21-10-8-16(9-11-21)20(2)27(3,25)26/h4-7,15-16H,8-13H2,1-3H3. The SMILES string of the molecule is Cc1ccc(N2CC(C(=O)N3CCC(N(C)S(C)(=O)=O)CC3)CC2=O)cc1. The molecule has 2 amide bonds. The van der Waals surface area contributed by atoms with Gasteiger partial charge in [0.15, 0.2) is 0 Å². The van der Waals surface area contributed by atoms with Crippen molar-refractivity contribution in [1.82, 2.24) is 9.21 Å². The fourth-order valence-electron chi connectivity index (χ4n) is 3.83. The predicted molar refractivity (Wildman–Crippen MR) is 104 cm³/mol. The predicted octanol–water partition coefficient (Wildman–Crippen LogP) is 1.23. The van der Waals surface area contributed by atoms with E-state index in [1.54, 1.807) is 16.8 Å². The Labute approximate surface area is 161 Å². The molecule has 0 radical (unpaired) electrons. The molecular weight excluding hydrogens is 366 g/mol. The maximum atomic E-state index is 12.9. The minimum absolute atomic E-state index is 0.00146. The van der Waals surface area contributed by atoms with Gasteiger partial charge in [0, 0.05) is 44.8 Å². The average molecular weight is 394 g/mol. The first kappa shape index (κ1) is 19.8. The van der Waals surface area contributed by atoms with Gasteiger partial charge in [-0.25, -0.2) is 12.7 Å². The van der Waals surface area contributed by atoms with E-state index in [-0.39, 0.29) is 30.2 Å². The van der Waals surface area contributed by atoms with Crippen molar-refractivity contribution in [1.29, 1.82) is 0 Å². The van der Waals surface area contributed by atoms with Gasteiger partial charge in [-0.3, -0.25) is 9.59 Å². The van der Waals surface area contributed by atoms with Gasteiger partial charge in [-0.2, -0.15) is 0 Å². The van der Waals surface area contributed by atoms with Crippen LogP contribution in [0.3, 0.4) is 0 Å². The van der Waals surface area contributed by atoms with E-state index in [0.29, 0.717) is 32.5 Å². The molecule has 0 bridgehead atoms. The summed E-state index contributed by atoms with van der Waals surface area (Å²) in [5, 5.41) is 0. The fourth-order valence-corrected chi connectivity index (χ4v) is 4.58. The topological polar surface area (TPSA) is 78.0 Å². The van der Waals surface area contributed by atoms with E-state index in [0.717, 1.165) is 11.3 Å². The quantitative estimate of drug-likeness (QED) is 0.771. The van der Waals surface area contributed by atoms with Crippen molar-refractivity contribution in [2.45, 2.75) is 32.2 Å². The molecule has 3 rings (SSSR count). The van der Waals surface area contributed by atoms with Crippen molar-refractivity contribution in [2.75, 3.05) is 37.8 Å². The molecule has 2 aliphatic rings. The van der Waals surface area contributed by atoms with Gasteiger partial charge in [-0.05, 0) is 31.9 Å². The highest BCUT2D eigenvalue weighted by Gasteiger charge is 2.38. The summed E-state index contributed by atoms with van der Waals surface area (Å²) in [6.07, 6.45) is 2.68. The highest BCUT2D eigenvalue weighted by Crippen LogP contribution is 2.28. The summed E-state index contributed by atoms with van der Waals surface area (Å²) < 4.78 is 24.8. The molecule has 2 fully saturated rings. The Balaban J connectivity index is 1.59. The number of nitrogens with zero attached hydrogens (tertiary/aromatic N) is 3. The Morgan fingerprint density at radius 2 is 1.74 bits per heavy atom. The second kappa shape index (κ2) is 7.59. The molecule has 0 aromatic heterocycles. The van der Waals surface area contributed by atoms with Crippen LogP contribution >= 0.6 is 0 Å². The Morgan fingerprint density at radius 3 is 2.30 bits per heavy atom. The number of hydrogen-bond acceptors (Lipinski definition) is 4. The normalized spacial score (nSPS) is 21.9. The first-order chi connectivity index (χ1) is 12.7. The van der Waals surface area contributed by atoms with E-state index < -0.39 is 10.0 Å². The van der Waals surface area contributed by atoms with E-state index in [2.05, 4.69) is 0 Å². The zero-order chi connectivity index (χ0) is 19.8. The molecule has 0 spiro atoms. The molecule has 2 aliphatic heterocycles. The molecule has 0 aliphatic carbocycles. The number of aryl methyl sites for hydroxylation is 1. The molecule has 27 heavy (non-hydrogen) atoms. The Bertz CT molecular complexity index is 814. The van der Waals surface area contributed by atoms with Crippen molar-refractivity contribution in [2.24, 2.45) is 5.92 Å². The van der Waals surface area contributed by atoms with Gasteiger partial charge < -0.3 is 9.80 Å². The van der Waals surface area contributed by atoms with Crippen LogP contribution in [0.4, 0.5) is 5.69 Å². The largest absolute Gasteiger partial charge is 0.342 e. The first-order valence-electron chi connectivity index (χ1n) is 9.25. The fraction of sp³-hybridized carbons (Fsp3) is 0.579. The van der Waals surface area contributed by atoms with Crippen molar-refractivity contribution >= 4 is 27.5 Å². The molecule has 0 N–H and O–H groups in total. The third-order valence-corrected chi connectivity index (χ3v) is 6.98. The van der Waals surface area contributed by atoms with Gasteiger partial charge in [0.25, 0.3) is 0 Å². The lowest BCUT2D eigenvalue weighted by Crippen LogP contribution is -2.48. The van der Waals surface area contributed by atoms with Crippen LogP contribution in [0.25, 0.3) is 0 Å². The number of likely N-dealkylation sites (tertiary alicyclic amines) is 1. The molecular formula is C19H27N3O4S. The van der Waals surface area contributed by atoms with Crippen LogP contribution in [0.1, 0.15) is 24.8 Å². The summed E-state index contributed by atoms with van der Waals surface area (Å²) in [4.78, 5) is 28.7. The number of rotatable bonds is 4. The number of carbonyl (C=O) groups excluding carboxylic acids is 2. The van der Waals surface area contributed by atoms with Crippen LogP contribution in [0.2, 0.25) is 0 Å². The number of piperidine rings is 1. The number of benzene rings is 1. The highest BCUT2D eigenvalue weighted by atomic mass is 32.2. The number of sulfonamides is 1. The Morgan fingerprint density at radius 1 is 1.15 bits per heavy atom. The highest BCUT2D eigenvalue weighted by molar-refractivity contribution is 7.88. The van der Waals surface area contributed by atoms with Crippen LogP contribution < -0.4 is 4.90 Å². The van der Waals surface area contributed by atoms with E-state index >= 15 is 0 Å². The monoisotopic (exact) mass is 393 g/mol. The Kier molecular flexibility index (Phi) is 5.58. The first-order valence-corrected chi connectivity index (χ1v) is 11.1. The van der Waals surface area contributed by atoms with Crippen LogP contribution in [0, 0.1) is 12.8 Å². The molecule has 1 atom stereocenters. The van der Waals surface area contributed by atoms with Gasteiger partial charge in [0.05, 0.1) is 12.2 Å². The number of amides is 2. The number of carbonyl (C=O) groups is 2. The van der Waals surface area contributed by atoms with Gasteiger partial charge in [-0.15, -0.1) is 0 Å². The third kappa shape index (κ3) is 4.32. The van der Waals surface area contributed by atoms with E-state index in [1.807, 2.05) is 31.2 Å². The zero-order valence-corrected chi connectivity index (χ0v) is 16.9. The molecule has 7 nitrogen and oxygen atoms in total. The van der Waals surface area contributed by atoms with Gasteiger partial charge in [0.1, 0.15) is 0 Å². The van der Waals surface area contributed by atoms with Crippen LogP contribution in [-0.2, 0) is 19.6 Å². The second-order valence-corrected chi connectivity index (χ2v) is 9.62. The van der Waals surface area contributed by atoms with E-state index in [9.17, 15) is 18.0 Å². The summed E-state index contributed by atoms with van der Waals surface area (Å²) in [5.41, 5.74) is 1.95. The van der Waals surface area contributed by atoms with Crippen LogP contribution in [0.5, 0.6) is 0 Å². The summed E-state index contributed by atoms with van der Waals surface area (Å²) in [5.74, 6) is -0.356. The molecule has 148 valence electrons. The van der Waals surface area contributed by atoms with Crippen LogP contribution in [-0.4, -0.2) is 68.4 Å². The van der Waals surface area contributed by atoms with Gasteiger partial charge in [0.2, 0.25) is 21.8 Å². The molecule has 0 saturated carbocycles. The average Bonchev–Trinajstić information content (AvgIpc) is 3.02. The third-order valence-electron chi connectivity index (χ3n) is 5.63. The molecule has 1 aromatic rings. The maximum Gasteiger partial charge on any atom is 0.228 e. The second-order valence-electron chi connectivity index (χ2n) is 7.58. The van der Waals surface area contributed by atoms with Crippen LogP contribution in [0.15, 0.2) is 24.3 Å². The lowest BCUT2D eigenvalue weighted by molar-refractivity contribution is -0.137.